The normalized spacial score (nSPS) is 13.1. The molecule has 0 aliphatic carbocycles. The summed E-state index contributed by atoms with van der Waals surface area (Å²) in [7, 11) is -7.93. The highest BCUT2D eigenvalue weighted by atomic mass is 32.2. The van der Waals surface area contributed by atoms with E-state index in [1.165, 1.54) is 24.3 Å². The predicted molar refractivity (Wildman–Crippen MR) is 115 cm³/mol. The molecule has 0 saturated heterocycles. The van der Waals surface area contributed by atoms with Crippen LogP contribution in [-0.4, -0.2) is 23.4 Å². The van der Waals surface area contributed by atoms with Crippen LogP contribution < -0.4 is 4.72 Å². The average molecular weight is 446 g/mol. The zero-order valence-corrected chi connectivity index (χ0v) is 18.3. The number of hydrogen-bond donors (Lipinski definition) is 1. The number of aryl methyl sites for hydroxylation is 2. The van der Waals surface area contributed by atoms with Gasteiger partial charge in [0.25, 0.3) is 10.1 Å². The molecule has 3 aromatic rings. The van der Waals surface area contributed by atoms with Crippen molar-refractivity contribution in [3.8, 4) is 0 Å². The summed E-state index contributed by atoms with van der Waals surface area (Å²) in [6.45, 7) is 3.33. The van der Waals surface area contributed by atoms with Gasteiger partial charge in [0, 0.05) is 0 Å². The van der Waals surface area contributed by atoms with Gasteiger partial charge in [-0.2, -0.15) is 8.42 Å². The number of hydrogen-bond acceptors (Lipinski definition) is 5. The van der Waals surface area contributed by atoms with Gasteiger partial charge >= 0.3 is 0 Å². The molecule has 0 bridgehead atoms. The second kappa shape index (κ2) is 9.09. The lowest BCUT2D eigenvalue weighted by atomic mass is 10.1. The average Bonchev–Trinajstić information content (AvgIpc) is 2.72. The lowest BCUT2D eigenvalue weighted by Gasteiger charge is -2.19. The van der Waals surface area contributed by atoms with E-state index in [1.807, 2.05) is 13.8 Å². The van der Waals surface area contributed by atoms with Crippen molar-refractivity contribution in [3.63, 3.8) is 0 Å². The first-order valence-corrected chi connectivity index (χ1v) is 12.2. The zero-order valence-electron chi connectivity index (χ0n) is 16.6. The number of benzene rings is 3. The summed E-state index contributed by atoms with van der Waals surface area (Å²) in [6, 6.07) is 20.5. The van der Waals surface area contributed by atoms with Gasteiger partial charge in [0.1, 0.15) is 0 Å². The van der Waals surface area contributed by atoms with Crippen LogP contribution >= 0.6 is 0 Å². The lowest BCUT2D eigenvalue weighted by molar-refractivity contribution is 0.284. The third-order valence-corrected chi connectivity index (χ3v) is 7.31. The molecule has 0 fully saturated rings. The minimum atomic E-state index is -4.04. The maximum atomic E-state index is 12.8. The summed E-state index contributed by atoms with van der Waals surface area (Å²) >= 11 is 0. The van der Waals surface area contributed by atoms with Crippen LogP contribution in [0.4, 0.5) is 0 Å². The van der Waals surface area contributed by atoms with Crippen molar-refractivity contribution in [2.45, 2.75) is 29.7 Å². The molecule has 0 amide bonds. The van der Waals surface area contributed by atoms with E-state index in [2.05, 4.69) is 4.72 Å². The summed E-state index contributed by atoms with van der Waals surface area (Å²) in [5.74, 6) is 0. The van der Waals surface area contributed by atoms with Crippen molar-refractivity contribution in [1.29, 1.82) is 0 Å². The highest BCUT2D eigenvalue weighted by Gasteiger charge is 2.25. The van der Waals surface area contributed by atoms with E-state index in [9.17, 15) is 16.8 Å². The largest absolute Gasteiger partial charge is 0.297 e. The van der Waals surface area contributed by atoms with Gasteiger partial charge < -0.3 is 0 Å². The molecule has 1 N–H and O–H groups in total. The lowest BCUT2D eigenvalue weighted by Crippen LogP contribution is -2.32. The van der Waals surface area contributed by atoms with Gasteiger partial charge in [-0.1, -0.05) is 65.7 Å². The van der Waals surface area contributed by atoms with Crippen LogP contribution in [0.25, 0.3) is 0 Å². The first-order valence-electron chi connectivity index (χ1n) is 9.27. The predicted octanol–water partition coefficient (Wildman–Crippen LogP) is 3.73. The molecule has 3 rings (SSSR count). The quantitative estimate of drug-likeness (QED) is 0.534. The van der Waals surface area contributed by atoms with Crippen molar-refractivity contribution in [2.75, 3.05) is 6.61 Å². The van der Waals surface area contributed by atoms with Gasteiger partial charge in [-0.3, -0.25) is 4.18 Å². The van der Waals surface area contributed by atoms with Gasteiger partial charge in [0.05, 0.1) is 22.4 Å². The van der Waals surface area contributed by atoms with E-state index < -0.39 is 26.2 Å². The van der Waals surface area contributed by atoms with Crippen molar-refractivity contribution in [3.05, 3.63) is 95.6 Å². The molecule has 158 valence electrons. The summed E-state index contributed by atoms with van der Waals surface area (Å²) in [4.78, 5) is 0.108. The Morgan fingerprint density at radius 2 is 1.23 bits per heavy atom. The smallest absolute Gasteiger partial charge is 0.264 e. The van der Waals surface area contributed by atoms with Gasteiger partial charge in [0.15, 0.2) is 0 Å². The van der Waals surface area contributed by atoms with Crippen LogP contribution in [0.2, 0.25) is 0 Å². The molecule has 0 saturated carbocycles. The Morgan fingerprint density at radius 1 is 0.733 bits per heavy atom. The molecular formula is C22H23NO5S2. The number of nitrogens with one attached hydrogen (secondary N) is 1. The molecule has 0 spiro atoms. The van der Waals surface area contributed by atoms with Crippen LogP contribution in [0, 0.1) is 13.8 Å². The highest BCUT2D eigenvalue weighted by molar-refractivity contribution is 7.89. The molecule has 0 aromatic heterocycles. The third kappa shape index (κ3) is 5.54. The van der Waals surface area contributed by atoms with E-state index >= 15 is 0 Å². The Morgan fingerprint density at radius 3 is 1.77 bits per heavy atom. The molecule has 8 heteroatoms. The fraction of sp³-hybridized carbons (Fsp3) is 0.182. The summed E-state index contributed by atoms with van der Waals surface area (Å²) in [5, 5.41) is 0. The zero-order chi connectivity index (χ0) is 21.8. The molecule has 3 aromatic carbocycles. The molecule has 30 heavy (non-hydrogen) atoms. The Balaban J connectivity index is 1.85. The Kier molecular flexibility index (Phi) is 6.72. The van der Waals surface area contributed by atoms with E-state index in [4.69, 9.17) is 4.18 Å². The first kappa shape index (κ1) is 22.2. The van der Waals surface area contributed by atoms with Crippen molar-refractivity contribution >= 4 is 20.1 Å². The van der Waals surface area contributed by atoms with Crippen LogP contribution in [0.3, 0.4) is 0 Å². The summed E-state index contributed by atoms with van der Waals surface area (Å²) < 4.78 is 58.6. The number of rotatable bonds is 8. The van der Waals surface area contributed by atoms with Gasteiger partial charge in [-0.25, -0.2) is 13.1 Å². The number of sulfonamides is 1. The van der Waals surface area contributed by atoms with Crippen molar-refractivity contribution in [1.82, 2.24) is 4.72 Å². The molecule has 0 aliphatic heterocycles. The third-order valence-electron chi connectivity index (χ3n) is 4.53. The van der Waals surface area contributed by atoms with E-state index in [1.54, 1.807) is 54.6 Å². The summed E-state index contributed by atoms with van der Waals surface area (Å²) in [6.07, 6.45) is 0. The Labute approximate surface area is 177 Å². The minimum Gasteiger partial charge on any atom is -0.264 e. The van der Waals surface area contributed by atoms with E-state index in [-0.39, 0.29) is 16.4 Å². The van der Waals surface area contributed by atoms with Gasteiger partial charge in [-0.05, 0) is 43.7 Å². The molecule has 0 aliphatic rings. The second-order valence-electron chi connectivity index (χ2n) is 6.95. The van der Waals surface area contributed by atoms with Gasteiger partial charge in [0.2, 0.25) is 10.0 Å². The van der Waals surface area contributed by atoms with Crippen LogP contribution in [0.5, 0.6) is 0 Å². The SMILES string of the molecule is Cc1ccc(S(=O)(=O)N[C@@H](COS(=O)(=O)c2ccc(C)cc2)c2ccccc2)cc1. The fourth-order valence-corrected chi connectivity index (χ4v) is 4.92. The van der Waals surface area contributed by atoms with Crippen LogP contribution in [-0.2, 0) is 24.3 Å². The molecule has 1 atom stereocenters. The molecule has 6 nitrogen and oxygen atoms in total. The molecular weight excluding hydrogens is 422 g/mol. The molecule has 0 heterocycles. The second-order valence-corrected chi connectivity index (χ2v) is 10.3. The highest BCUT2D eigenvalue weighted by Crippen LogP contribution is 2.21. The monoisotopic (exact) mass is 445 g/mol. The standard InChI is InChI=1S/C22H23NO5S2/c1-17-8-12-20(13-9-17)29(24,25)23-22(19-6-4-3-5-7-19)16-28-30(26,27)21-14-10-18(2)11-15-21/h3-15,22-23H,16H2,1-2H3/t22-/m0/s1. The van der Waals surface area contributed by atoms with Crippen LogP contribution in [0.1, 0.15) is 22.7 Å². The van der Waals surface area contributed by atoms with E-state index in [0.717, 1.165) is 11.1 Å². The van der Waals surface area contributed by atoms with E-state index in [0.29, 0.717) is 5.56 Å². The maximum Gasteiger partial charge on any atom is 0.297 e. The fourth-order valence-electron chi connectivity index (χ4n) is 2.79. The summed E-state index contributed by atoms with van der Waals surface area (Å²) in [5.41, 5.74) is 2.44. The Bertz CT molecular complexity index is 1190. The first-order chi connectivity index (χ1) is 14.2. The maximum absolute atomic E-state index is 12.8. The minimum absolute atomic E-state index is 0.0151. The van der Waals surface area contributed by atoms with Crippen LogP contribution in [0.15, 0.2) is 88.7 Å². The van der Waals surface area contributed by atoms with Crippen molar-refractivity contribution < 1.29 is 21.0 Å². The molecule has 0 radical (unpaired) electrons. The topological polar surface area (TPSA) is 89.5 Å². The van der Waals surface area contributed by atoms with Crippen molar-refractivity contribution in [2.24, 2.45) is 0 Å². The molecule has 0 unspecified atom stereocenters. The Hall–Kier alpha value is -2.52. The van der Waals surface area contributed by atoms with Gasteiger partial charge in [-0.15, -0.1) is 0 Å².